The molecule has 0 radical (unpaired) electrons. The molecule has 3 aromatic rings. The molecule has 2 aromatic carbocycles. The lowest BCUT2D eigenvalue weighted by atomic mass is 10.1. The first kappa shape index (κ1) is 25.5. The average Bonchev–Trinajstić information content (AvgIpc) is 3.20. The van der Waals surface area contributed by atoms with E-state index >= 15 is 0 Å². The fourth-order valence-electron chi connectivity index (χ4n) is 3.79. The number of carbonyl (C=O) groups excluding carboxylic acids is 2. The predicted octanol–water partition coefficient (Wildman–Crippen LogP) is 2.91. The van der Waals surface area contributed by atoms with Gasteiger partial charge in [0.25, 0.3) is 0 Å². The zero-order chi connectivity index (χ0) is 25.9. The molecule has 190 valence electrons. The van der Waals surface area contributed by atoms with E-state index in [-0.39, 0.29) is 23.2 Å². The highest BCUT2D eigenvalue weighted by Gasteiger charge is 2.25. The monoisotopic (exact) mass is 515 g/mol. The molecule has 9 nitrogen and oxygen atoms in total. The lowest BCUT2D eigenvalue weighted by Gasteiger charge is -2.25. The maximum Gasteiger partial charge on any atom is 0.321 e. The zero-order valence-corrected chi connectivity index (χ0v) is 20.7. The summed E-state index contributed by atoms with van der Waals surface area (Å²) in [7, 11) is -2.19. The Morgan fingerprint density at radius 1 is 1.22 bits per heavy atom. The van der Waals surface area contributed by atoms with E-state index in [0.29, 0.717) is 42.3 Å². The van der Waals surface area contributed by atoms with Crippen molar-refractivity contribution in [1.29, 1.82) is 0 Å². The molecule has 4 rings (SSSR count). The van der Waals surface area contributed by atoms with Crippen LogP contribution in [0.2, 0.25) is 0 Å². The topological polar surface area (TPSA) is 108 Å². The minimum Gasteiger partial charge on any atom is -0.464 e. The Balaban J connectivity index is 1.47. The van der Waals surface area contributed by atoms with Gasteiger partial charge in [-0.2, -0.15) is 5.10 Å². The Morgan fingerprint density at radius 3 is 2.47 bits per heavy atom. The molecule has 2 heterocycles. The van der Waals surface area contributed by atoms with Crippen molar-refractivity contribution in [1.82, 2.24) is 9.78 Å². The smallest absolute Gasteiger partial charge is 0.321 e. The number of benzene rings is 2. The number of hydrogen-bond acceptors (Lipinski definition) is 7. The van der Waals surface area contributed by atoms with E-state index in [1.807, 2.05) is 0 Å². The standard InChI is InChI=1S/C25H26FN3O6S/c1-17(29(16-30)24-11-23(27-28(24)2)20-3-7-21(26)8-4-20)19-5-9-22(10-6-19)36(32,33)15-25(31)35-14-18-12-34-13-18/h3-11,16-18H,12-15H2,1-2H3/t17-/m1/s1. The Morgan fingerprint density at radius 2 is 1.89 bits per heavy atom. The van der Waals surface area contributed by atoms with Gasteiger partial charge in [-0.05, 0) is 48.9 Å². The SMILES string of the molecule is C[C@H](c1ccc(S(=O)(=O)CC(=O)OCC2COC2)cc1)N(C=O)c1cc(-c2ccc(F)cc2)nn1C. The highest BCUT2D eigenvalue weighted by Crippen LogP contribution is 2.30. The van der Waals surface area contributed by atoms with E-state index in [1.54, 1.807) is 49.0 Å². The summed E-state index contributed by atoms with van der Waals surface area (Å²) in [5.74, 6) is -1.29. The van der Waals surface area contributed by atoms with Gasteiger partial charge in [0.05, 0.1) is 36.5 Å². The highest BCUT2D eigenvalue weighted by molar-refractivity contribution is 7.92. The first-order valence-corrected chi connectivity index (χ1v) is 12.9. The van der Waals surface area contributed by atoms with Crippen LogP contribution in [0.25, 0.3) is 11.3 Å². The Hall–Kier alpha value is -3.57. The molecule has 1 aliphatic rings. The van der Waals surface area contributed by atoms with Crippen LogP contribution in [0.3, 0.4) is 0 Å². The molecule has 0 saturated carbocycles. The summed E-state index contributed by atoms with van der Waals surface area (Å²) < 4.78 is 50.1. The van der Waals surface area contributed by atoms with E-state index in [4.69, 9.17) is 9.47 Å². The molecule has 0 N–H and O–H groups in total. The number of hydrogen-bond donors (Lipinski definition) is 0. The molecule has 0 aliphatic carbocycles. The summed E-state index contributed by atoms with van der Waals surface area (Å²) in [6.07, 6.45) is 0.671. The number of anilines is 1. The van der Waals surface area contributed by atoms with Crippen molar-refractivity contribution in [2.75, 3.05) is 30.5 Å². The largest absolute Gasteiger partial charge is 0.464 e. The third-order valence-electron chi connectivity index (χ3n) is 6.01. The number of esters is 1. The van der Waals surface area contributed by atoms with Crippen LogP contribution >= 0.6 is 0 Å². The molecule has 1 aliphatic heterocycles. The third-order valence-corrected chi connectivity index (χ3v) is 7.61. The summed E-state index contributed by atoms with van der Waals surface area (Å²) in [5, 5.41) is 4.43. The molecule has 1 saturated heterocycles. The molecular formula is C25H26FN3O6S. The number of sulfone groups is 1. The Bertz CT molecular complexity index is 1340. The Kier molecular flexibility index (Phi) is 7.51. The van der Waals surface area contributed by atoms with E-state index < -0.39 is 27.6 Å². The molecule has 1 amide bonds. The number of rotatable bonds is 10. The van der Waals surface area contributed by atoms with Crippen LogP contribution in [0.1, 0.15) is 18.5 Å². The number of ether oxygens (including phenoxy) is 2. The lowest BCUT2D eigenvalue weighted by Crippen LogP contribution is -2.33. The van der Waals surface area contributed by atoms with Gasteiger partial charge in [-0.3, -0.25) is 19.2 Å². The van der Waals surface area contributed by atoms with Crippen LogP contribution in [0, 0.1) is 11.7 Å². The number of amides is 1. The minimum absolute atomic E-state index is 0.0147. The van der Waals surface area contributed by atoms with E-state index in [2.05, 4.69) is 5.10 Å². The maximum absolute atomic E-state index is 13.3. The van der Waals surface area contributed by atoms with Crippen LogP contribution in [-0.4, -0.2) is 56.2 Å². The second-order valence-electron chi connectivity index (χ2n) is 8.62. The van der Waals surface area contributed by atoms with Gasteiger partial charge in [-0.15, -0.1) is 0 Å². The molecule has 1 atom stereocenters. The third kappa shape index (κ3) is 5.63. The van der Waals surface area contributed by atoms with Gasteiger partial charge >= 0.3 is 5.97 Å². The lowest BCUT2D eigenvalue weighted by molar-refractivity contribution is -0.147. The van der Waals surface area contributed by atoms with Crippen LogP contribution in [0.4, 0.5) is 10.2 Å². The molecule has 1 fully saturated rings. The zero-order valence-electron chi connectivity index (χ0n) is 19.8. The van der Waals surface area contributed by atoms with Crippen LogP contribution in [0.5, 0.6) is 0 Å². The summed E-state index contributed by atoms with van der Waals surface area (Å²) in [6.45, 7) is 2.95. The van der Waals surface area contributed by atoms with Gasteiger partial charge in [0, 0.05) is 24.6 Å². The van der Waals surface area contributed by atoms with Crippen molar-refractivity contribution < 1.29 is 31.9 Å². The number of aromatic nitrogens is 2. The minimum atomic E-state index is -3.88. The number of aryl methyl sites for hydroxylation is 1. The number of nitrogens with zero attached hydrogens (tertiary/aromatic N) is 3. The van der Waals surface area contributed by atoms with Crippen molar-refractivity contribution in [2.45, 2.75) is 17.9 Å². The molecule has 0 bridgehead atoms. The van der Waals surface area contributed by atoms with Crippen LogP contribution in [0.15, 0.2) is 59.5 Å². The Labute approximate surface area is 208 Å². The highest BCUT2D eigenvalue weighted by atomic mass is 32.2. The summed E-state index contributed by atoms with van der Waals surface area (Å²) in [6, 6.07) is 13.2. The molecule has 1 aromatic heterocycles. The first-order chi connectivity index (χ1) is 17.2. The molecule has 36 heavy (non-hydrogen) atoms. The second-order valence-corrected chi connectivity index (χ2v) is 10.6. The molecular weight excluding hydrogens is 489 g/mol. The van der Waals surface area contributed by atoms with E-state index in [0.717, 1.165) is 0 Å². The van der Waals surface area contributed by atoms with Crippen molar-refractivity contribution in [3.8, 4) is 11.3 Å². The average molecular weight is 516 g/mol. The quantitative estimate of drug-likeness (QED) is 0.302. The summed E-state index contributed by atoms with van der Waals surface area (Å²) in [4.78, 5) is 25.4. The molecule has 11 heteroatoms. The van der Waals surface area contributed by atoms with Gasteiger partial charge in [-0.1, -0.05) is 12.1 Å². The fourth-order valence-corrected chi connectivity index (χ4v) is 4.90. The number of halogens is 1. The molecule has 0 spiro atoms. The normalized spacial score (nSPS) is 14.6. The van der Waals surface area contributed by atoms with Gasteiger partial charge in [-0.25, -0.2) is 12.8 Å². The first-order valence-electron chi connectivity index (χ1n) is 11.3. The van der Waals surface area contributed by atoms with Gasteiger partial charge in [0.15, 0.2) is 15.6 Å². The van der Waals surface area contributed by atoms with Gasteiger partial charge < -0.3 is 9.47 Å². The summed E-state index contributed by atoms with van der Waals surface area (Å²) in [5.41, 5.74) is 1.95. The predicted molar refractivity (Wildman–Crippen MR) is 129 cm³/mol. The van der Waals surface area contributed by atoms with Crippen LogP contribution in [-0.2, 0) is 35.9 Å². The second kappa shape index (κ2) is 10.6. The van der Waals surface area contributed by atoms with Crippen LogP contribution < -0.4 is 4.90 Å². The summed E-state index contributed by atoms with van der Waals surface area (Å²) >= 11 is 0. The van der Waals surface area contributed by atoms with Crippen molar-refractivity contribution in [2.24, 2.45) is 13.0 Å². The van der Waals surface area contributed by atoms with E-state index in [1.165, 1.54) is 29.2 Å². The van der Waals surface area contributed by atoms with Gasteiger partial charge in [0.1, 0.15) is 11.6 Å². The molecule has 0 unspecified atom stereocenters. The maximum atomic E-state index is 13.3. The number of carbonyl (C=O) groups is 2. The van der Waals surface area contributed by atoms with Crippen molar-refractivity contribution in [3.05, 3.63) is 66.0 Å². The van der Waals surface area contributed by atoms with Crippen molar-refractivity contribution >= 4 is 28.0 Å². The fraction of sp³-hybridized carbons (Fsp3) is 0.320. The van der Waals surface area contributed by atoms with Gasteiger partial charge in [0.2, 0.25) is 6.41 Å². The van der Waals surface area contributed by atoms with Crippen molar-refractivity contribution in [3.63, 3.8) is 0 Å². The van der Waals surface area contributed by atoms with E-state index in [9.17, 15) is 22.4 Å².